The molecule has 0 aliphatic carbocycles. The van der Waals surface area contributed by atoms with E-state index >= 15 is 0 Å². The first-order valence-corrected chi connectivity index (χ1v) is 7.87. The minimum atomic E-state index is -4.57. The smallest absolute Gasteiger partial charge is 0.433 e. The van der Waals surface area contributed by atoms with E-state index in [1.165, 1.54) is 12.1 Å². The zero-order valence-corrected chi connectivity index (χ0v) is 13.3. The number of hydrogen-bond acceptors (Lipinski definition) is 7. The van der Waals surface area contributed by atoms with Crippen LogP contribution in [-0.2, 0) is 23.3 Å². The highest BCUT2D eigenvalue weighted by Crippen LogP contribution is 2.36. The molecule has 0 saturated carbocycles. The Morgan fingerprint density at radius 1 is 1.36 bits per heavy atom. The SMILES string of the molecule is O=[N+]([O-])c1cc2c(c(CSc3nccc(C(F)(F)F)n3)c1)OCOC2. The molecule has 0 N–H and O–H groups in total. The van der Waals surface area contributed by atoms with Crippen molar-refractivity contribution in [1.82, 2.24) is 9.97 Å². The summed E-state index contributed by atoms with van der Waals surface area (Å²) in [5, 5.41) is 11.0. The maximum Gasteiger partial charge on any atom is 0.433 e. The molecule has 1 aromatic heterocycles. The van der Waals surface area contributed by atoms with Crippen molar-refractivity contribution in [3.8, 4) is 5.75 Å². The van der Waals surface area contributed by atoms with Gasteiger partial charge < -0.3 is 9.47 Å². The minimum absolute atomic E-state index is 0.00252. The number of nitro benzene ring substituents is 1. The first-order valence-electron chi connectivity index (χ1n) is 6.88. The standard InChI is InChI=1S/C14H10F3N3O4S/c15-14(16,17)11-1-2-18-13(19-11)25-6-9-4-10(20(21)22)3-8-5-23-7-24-12(8)9/h1-4H,5-7H2. The Labute approximate surface area is 143 Å². The third-order valence-electron chi connectivity index (χ3n) is 3.26. The second-order valence-electron chi connectivity index (χ2n) is 4.97. The van der Waals surface area contributed by atoms with Crippen LogP contribution in [-0.4, -0.2) is 21.7 Å². The number of benzene rings is 1. The van der Waals surface area contributed by atoms with E-state index in [9.17, 15) is 23.3 Å². The fraction of sp³-hybridized carbons (Fsp3) is 0.286. The Morgan fingerprint density at radius 2 is 2.16 bits per heavy atom. The number of hydrogen-bond donors (Lipinski definition) is 0. The maximum absolute atomic E-state index is 12.7. The number of halogens is 3. The van der Waals surface area contributed by atoms with Crippen molar-refractivity contribution in [2.45, 2.75) is 23.7 Å². The van der Waals surface area contributed by atoms with Crippen LogP contribution >= 0.6 is 11.8 Å². The zero-order valence-electron chi connectivity index (χ0n) is 12.4. The van der Waals surface area contributed by atoms with E-state index in [4.69, 9.17) is 9.47 Å². The predicted octanol–water partition coefficient (Wildman–Crippen LogP) is 3.56. The number of non-ortho nitro benzene ring substituents is 1. The van der Waals surface area contributed by atoms with Crippen LogP contribution < -0.4 is 4.74 Å². The zero-order chi connectivity index (χ0) is 18.0. The van der Waals surface area contributed by atoms with Gasteiger partial charge in [0.2, 0.25) is 0 Å². The van der Waals surface area contributed by atoms with Crippen LogP contribution in [0, 0.1) is 10.1 Å². The lowest BCUT2D eigenvalue weighted by Crippen LogP contribution is -2.13. The molecule has 0 radical (unpaired) electrons. The molecule has 7 nitrogen and oxygen atoms in total. The van der Waals surface area contributed by atoms with E-state index < -0.39 is 16.8 Å². The second-order valence-corrected chi connectivity index (χ2v) is 5.91. The average Bonchev–Trinajstić information content (AvgIpc) is 2.59. The highest BCUT2D eigenvalue weighted by Gasteiger charge is 2.32. The van der Waals surface area contributed by atoms with Gasteiger partial charge in [0.05, 0.1) is 11.5 Å². The van der Waals surface area contributed by atoms with Gasteiger partial charge in [-0.15, -0.1) is 0 Å². The molecule has 3 rings (SSSR count). The topological polar surface area (TPSA) is 87.4 Å². The Hall–Kier alpha value is -2.40. The highest BCUT2D eigenvalue weighted by molar-refractivity contribution is 7.98. The molecule has 132 valence electrons. The Kier molecular flexibility index (Phi) is 4.77. The van der Waals surface area contributed by atoms with Crippen LogP contribution in [0.4, 0.5) is 18.9 Å². The van der Waals surface area contributed by atoms with E-state index in [-0.39, 0.29) is 30.0 Å². The Bertz CT molecular complexity index is 816. The Morgan fingerprint density at radius 3 is 2.88 bits per heavy atom. The van der Waals surface area contributed by atoms with Gasteiger partial charge in [0.1, 0.15) is 11.4 Å². The summed E-state index contributed by atoms with van der Waals surface area (Å²) >= 11 is 0.931. The van der Waals surface area contributed by atoms with Gasteiger partial charge in [-0.1, -0.05) is 11.8 Å². The molecule has 0 bridgehead atoms. The second kappa shape index (κ2) is 6.84. The van der Waals surface area contributed by atoms with E-state index in [2.05, 4.69) is 9.97 Å². The normalized spacial score (nSPS) is 13.9. The molecular weight excluding hydrogens is 363 g/mol. The van der Waals surface area contributed by atoms with Crippen molar-refractivity contribution >= 4 is 17.4 Å². The quantitative estimate of drug-likeness (QED) is 0.350. The number of rotatable bonds is 4. The molecular formula is C14H10F3N3O4S. The van der Waals surface area contributed by atoms with Crippen LogP contribution in [0.1, 0.15) is 16.8 Å². The molecule has 25 heavy (non-hydrogen) atoms. The average molecular weight is 373 g/mol. The molecule has 1 aromatic carbocycles. The summed E-state index contributed by atoms with van der Waals surface area (Å²) in [5.41, 5.74) is -0.205. The molecule has 11 heteroatoms. The summed E-state index contributed by atoms with van der Waals surface area (Å²) in [6, 6.07) is 3.45. The largest absolute Gasteiger partial charge is 0.467 e. The number of nitrogens with zero attached hydrogens (tertiary/aromatic N) is 3. The number of nitro groups is 1. The summed E-state index contributed by atoms with van der Waals surface area (Å²) in [7, 11) is 0. The molecule has 2 heterocycles. The van der Waals surface area contributed by atoms with Gasteiger partial charge in [-0.2, -0.15) is 13.2 Å². The third-order valence-corrected chi connectivity index (χ3v) is 4.17. The lowest BCUT2D eigenvalue weighted by atomic mass is 10.1. The summed E-state index contributed by atoms with van der Waals surface area (Å²) in [4.78, 5) is 17.7. The lowest BCUT2D eigenvalue weighted by Gasteiger charge is -2.20. The van der Waals surface area contributed by atoms with Gasteiger partial charge in [0, 0.05) is 35.2 Å². The lowest BCUT2D eigenvalue weighted by molar-refractivity contribution is -0.385. The summed E-state index contributed by atoms with van der Waals surface area (Å²) < 4.78 is 48.5. The fourth-order valence-electron chi connectivity index (χ4n) is 2.20. The predicted molar refractivity (Wildman–Crippen MR) is 80.0 cm³/mol. The van der Waals surface area contributed by atoms with Crippen LogP contribution in [0.25, 0.3) is 0 Å². The summed E-state index contributed by atoms with van der Waals surface area (Å²) in [5.74, 6) is 0.557. The van der Waals surface area contributed by atoms with Crippen molar-refractivity contribution in [3.63, 3.8) is 0 Å². The number of aromatic nitrogens is 2. The molecule has 0 fully saturated rings. The van der Waals surface area contributed by atoms with Crippen molar-refractivity contribution in [3.05, 3.63) is 51.3 Å². The van der Waals surface area contributed by atoms with Crippen LogP contribution in [0.5, 0.6) is 5.75 Å². The van der Waals surface area contributed by atoms with E-state index in [0.717, 1.165) is 24.0 Å². The van der Waals surface area contributed by atoms with Crippen LogP contribution in [0.15, 0.2) is 29.6 Å². The molecule has 2 aromatic rings. The van der Waals surface area contributed by atoms with Gasteiger partial charge in [0.15, 0.2) is 11.9 Å². The number of ether oxygens (including phenoxy) is 2. The minimum Gasteiger partial charge on any atom is -0.467 e. The van der Waals surface area contributed by atoms with E-state index in [1.54, 1.807) is 0 Å². The highest BCUT2D eigenvalue weighted by atomic mass is 32.2. The van der Waals surface area contributed by atoms with Gasteiger partial charge in [-0.3, -0.25) is 10.1 Å². The van der Waals surface area contributed by atoms with Crippen molar-refractivity contribution < 1.29 is 27.6 Å². The molecule has 1 aliphatic heterocycles. The van der Waals surface area contributed by atoms with E-state index in [0.29, 0.717) is 16.9 Å². The first kappa shape index (κ1) is 17.4. The van der Waals surface area contributed by atoms with Gasteiger partial charge in [0.25, 0.3) is 5.69 Å². The maximum atomic E-state index is 12.7. The summed E-state index contributed by atoms with van der Waals surface area (Å²) in [6.45, 7) is 0.164. The molecule has 0 atom stereocenters. The number of alkyl halides is 3. The summed E-state index contributed by atoms with van der Waals surface area (Å²) in [6.07, 6.45) is -3.55. The van der Waals surface area contributed by atoms with Crippen molar-refractivity contribution in [2.24, 2.45) is 0 Å². The van der Waals surface area contributed by atoms with Crippen LogP contribution in [0.2, 0.25) is 0 Å². The molecule has 0 amide bonds. The molecule has 0 unspecified atom stereocenters. The number of fused-ring (bicyclic) bond motifs is 1. The first-order chi connectivity index (χ1) is 11.8. The monoisotopic (exact) mass is 373 g/mol. The number of thioether (sulfide) groups is 1. The van der Waals surface area contributed by atoms with Gasteiger partial charge in [-0.25, -0.2) is 9.97 Å². The fourth-order valence-corrected chi connectivity index (χ4v) is 3.00. The van der Waals surface area contributed by atoms with Crippen molar-refractivity contribution in [2.75, 3.05) is 6.79 Å². The molecule has 1 aliphatic rings. The molecule has 0 saturated heterocycles. The van der Waals surface area contributed by atoms with Crippen molar-refractivity contribution in [1.29, 1.82) is 0 Å². The van der Waals surface area contributed by atoms with Gasteiger partial charge >= 0.3 is 6.18 Å². The Balaban J connectivity index is 1.86. The third kappa shape index (κ3) is 3.99. The van der Waals surface area contributed by atoms with Gasteiger partial charge in [-0.05, 0) is 6.07 Å². The van der Waals surface area contributed by atoms with E-state index in [1.807, 2.05) is 0 Å². The molecule has 0 spiro atoms. The van der Waals surface area contributed by atoms with Crippen LogP contribution in [0.3, 0.4) is 0 Å².